The van der Waals surface area contributed by atoms with E-state index in [4.69, 9.17) is 9.72 Å². The van der Waals surface area contributed by atoms with Crippen LogP contribution < -0.4 is 43.5 Å². The molecule has 0 saturated heterocycles. The highest BCUT2D eigenvalue weighted by atomic mass is 127. The van der Waals surface area contributed by atoms with Crippen LogP contribution in [-0.4, -0.2) is 43.9 Å². The van der Waals surface area contributed by atoms with Crippen molar-refractivity contribution in [3.63, 3.8) is 0 Å². The van der Waals surface area contributed by atoms with E-state index in [-0.39, 0.29) is 30.6 Å². The number of rotatable bonds is 10. The zero-order chi connectivity index (χ0) is 25.5. The van der Waals surface area contributed by atoms with Gasteiger partial charge in [-0.1, -0.05) is 6.07 Å². The number of nitriles is 2. The maximum absolute atomic E-state index is 9.52. The van der Waals surface area contributed by atoms with Gasteiger partial charge in [0, 0.05) is 56.7 Å². The Kier molecular flexibility index (Phi) is 9.84. The number of aliphatic hydroxyl groups is 1. The average Bonchev–Trinajstić information content (AvgIpc) is 2.91. The zero-order valence-corrected chi connectivity index (χ0v) is 23.1. The molecule has 3 aromatic carbocycles. The van der Waals surface area contributed by atoms with Gasteiger partial charge in [0.25, 0.3) is 0 Å². The van der Waals surface area contributed by atoms with E-state index in [1.54, 1.807) is 7.11 Å². The van der Waals surface area contributed by atoms with Crippen LogP contribution in [0.4, 0.5) is 11.4 Å². The molecule has 0 atom stereocenters. The summed E-state index contributed by atoms with van der Waals surface area (Å²) in [6.07, 6.45) is 1.27. The van der Waals surface area contributed by atoms with Crippen molar-refractivity contribution in [1.82, 2.24) is 4.98 Å². The molecule has 4 rings (SSSR count). The van der Waals surface area contributed by atoms with E-state index in [0.717, 1.165) is 50.4 Å². The van der Waals surface area contributed by atoms with Gasteiger partial charge in [-0.05, 0) is 36.2 Å². The predicted octanol–water partition coefficient (Wildman–Crippen LogP) is 0.888. The van der Waals surface area contributed by atoms with Crippen LogP contribution in [0.3, 0.4) is 0 Å². The number of nitrogens with one attached hydrogen (secondary N) is 1. The maximum Gasteiger partial charge on any atom is 0.241 e. The molecule has 0 unspecified atom stereocenters. The number of fused-ring (bicyclic) bond motifs is 2. The third-order valence-corrected chi connectivity index (χ3v) is 6.18. The van der Waals surface area contributed by atoms with E-state index in [1.165, 1.54) is 0 Å². The highest BCUT2D eigenvalue weighted by molar-refractivity contribution is 5.93. The van der Waals surface area contributed by atoms with Crippen molar-refractivity contribution in [2.75, 3.05) is 44.1 Å². The molecule has 0 aliphatic carbocycles. The summed E-state index contributed by atoms with van der Waals surface area (Å²) in [4.78, 5) is 7.07. The van der Waals surface area contributed by atoms with E-state index in [0.29, 0.717) is 32.4 Å². The molecular formula is C28H29IN6O2. The molecule has 4 aromatic rings. The Labute approximate surface area is 233 Å². The molecule has 0 spiro atoms. The summed E-state index contributed by atoms with van der Waals surface area (Å²) in [5, 5.41) is 31.2. The van der Waals surface area contributed by atoms with Crippen molar-refractivity contribution >= 4 is 33.4 Å². The molecule has 0 aliphatic heterocycles. The van der Waals surface area contributed by atoms with Crippen molar-refractivity contribution in [2.45, 2.75) is 19.3 Å². The SMILES string of the molecule is CNc1cc(N(CCC#N)CCC#N)cc2c1nc1ccc(CCO)cc1[n+]2-c1ccc(OC)cc1.[I-]. The normalized spacial score (nSPS) is 10.4. The first-order chi connectivity index (χ1) is 17.6. The largest absolute Gasteiger partial charge is 1.00 e. The molecule has 9 heteroatoms. The standard InChI is InChI=1S/C28H28N6O2.HI/c1-31-25-18-22(33(14-3-12-29)15-4-13-30)19-27-28(25)32-24-10-5-20(11-16-35)17-26(24)34(27)21-6-8-23(36-2)9-7-21;/h5-10,17-19,35H,3-4,11,14-16H2,1-2H3;1H. The van der Waals surface area contributed by atoms with Gasteiger partial charge in [-0.2, -0.15) is 10.5 Å². The molecular weight excluding hydrogens is 579 g/mol. The van der Waals surface area contributed by atoms with Gasteiger partial charge in [0.05, 0.1) is 37.8 Å². The molecule has 1 aromatic heterocycles. The Morgan fingerprint density at radius 3 is 2.30 bits per heavy atom. The number of hydrogen-bond donors (Lipinski definition) is 2. The summed E-state index contributed by atoms with van der Waals surface area (Å²) in [6.45, 7) is 1.11. The van der Waals surface area contributed by atoms with Crippen molar-refractivity contribution in [3.05, 3.63) is 60.2 Å². The van der Waals surface area contributed by atoms with Gasteiger partial charge < -0.3 is 44.0 Å². The van der Waals surface area contributed by atoms with E-state index in [1.807, 2.05) is 49.5 Å². The first-order valence-electron chi connectivity index (χ1n) is 11.9. The molecule has 0 bridgehead atoms. The zero-order valence-electron chi connectivity index (χ0n) is 20.9. The molecule has 0 fully saturated rings. The minimum atomic E-state index is 0. The van der Waals surface area contributed by atoms with E-state index < -0.39 is 0 Å². The smallest absolute Gasteiger partial charge is 0.241 e. The minimum Gasteiger partial charge on any atom is -1.00 e. The number of benzene rings is 3. The van der Waals surface area contributed by atoms with Crippen LogP contribution in [0.2, 0.25) is 0 Å². The fourth-order valence-electron chi connectivity index (χ4n) is 4.39. The van der Waals surface area contributed by atoms with Crippen LogP contribution in [0.1, 0.15) is 18.4 Å². The number of nitrogens with zero attached hydrogens (tertiary/aromatic N) is 5. The molecule has 1 heterocycles. The molecule has 0 aliphatic rings. The maximum atomic E-state index is 9.52. The molecule has 0 saturated carbocycles. The molecule has 8 nitrogen and oxygen atoms in total. The molecule has 190 valence electrons. The third kappa shape index (κ3) is 6.01. The Balaban J connectivity index is 0.00000380. The van der Waals surface area contributed by atoms with Crippen LogP contribution in [0.5, 0.6) is 5.75 Å². The lowest BCUT2D eigenvalue weighted by atomic mass is 10.1. The lowest BCUT2D eigenvalue weighted by molar-refractivity contribution is -0.538. The van der Waals surface area contributed by atoms with Crippen LogP contribution in [-0.2, 0) is 6.42 Å². The number of anilines is 2. The Bertz CT molecular complexity index is 1440. The second kappa shape index (κ2) is 13.0. The van der Waals surface area contributed by atoms with E-state index in [9.17, 15) is 15.6 Å². The summed E-state index contributed by atoms with van der Waals surface area (Å²) >= 11 is 0. The molecule has 37 heavy (non-hydrogen) atoms. The number of methoxy groups -OCH3 is 1. The van der Waals surface area contributed by atoms with Gasteiger partial charge in [0.2, 0.25) is 16.7 Å². The fraction of sp³-hybridized carbons (Fsp3) is 0.286. The lowest BCUT2D eigenvalue weighted by Crippen LogP contribution is -3.00. The Hall–Kier alpha value is -3.67. The van der Waals surface area contributed by atoms with Gasteiger partial charge in [0.1, 0.15) is 11.3 Å². The van der Waals surface area contributed by atoms with Gasteiger partial charge in [0.15, 0.2) is 5.52 Å². The predicted molar refractivity (Wildman–Crippen MR) is 140 cm³/mol. The monoisotopic (exact) mass is 608 g/mol. The van der Waals surface area contributed by atoms with Crippen LogP contribution >= 0.6 is 0 Å². The second-order valence-electron chi connectivity index (χ2n) is 8.36. The highest BCUT2D eigenvalue weighted by Gasteiger charge is 2.24. The Morgan fingerprint density at radius 2 is 1.70 bits per heavy atom. The quantitative estimate of drug-likeness (QED) is 0.157. The van der Waals surface area contributed by atoms with Crippen LogP contribution in [0, 0.1) is 22.7 Å². The Morgan fingerprint density at radius 1 is 1.00 bits per heavy atom. The van der Waals surface area contributed by atoms with Crippen molar-refractivity contribution in [2.24, 2.45) is 0 Å². The number of aliphatic hydroxyl groups excluding tert-OH is 1. The summed E-state index contributed by atoms with van der Waals surface area (Å²) in [6, 6.07) is 22.4. The number of halogens is 1. The highest BCUT2D eigenvalue weighted by Crippen LogP contribution is 2.30. The topological polar surface area (TPSA) is 109 Å². The fourth-order valence-corrected chi connectivity index (χ4v) is 4.39. The average molecular weight is 608 g/mol. The summed E-state index contributed by atoms with van der Waals surface area (Å²) < 4.78 is 7.54. The van der Waals surface area contributed by atoms with Gasteiger partial charge >= 0.3 is 0 Å². The number of aromatic nitrogens is 2. The summed E-state index contributed by atoms with van der Waals surface area (Å²) in [5.74, 6) is 0.763. The van der Waals surface area contributed by atoms with Gasteiger partial charge in [-0.25, -0.2) is 4.98 Å². The molecule has 2 N–H and O–H groups in total. The number of hydrogen-bond acceptors (Lipinski definition) is 7. The van der Waals surface area contributed by atoms with E-state index in [2.05, 4.69) is 39.1 Å². The third-order valence-electron chi connectivity index (χ3n) is 6.18. The van der Waals surface area contributed by atoms with Crippen LogP contribution in [0.25, 0.3) is 27.8 Å². The minimum absolute atomic E-state index is 0. The van der Waals surface area contributed by atoms with Gasteiger partial charge in [-0.3, -0.25) is 0 Å². The van der Waals surface area contributed by atoms with E-state index >= 15 is 0 Å². The summed E-state index contributed by atoms with van der Waals surface area (Å²) in [5.41, 5.74) is 7.15. The van der Waals surface area contributed by atoms with Gasteiger partial charge in [-0.15, -0.1) is 4.57 Å². The van der Waals surface area contributed by atoms with Crippen molar-refractivity contribution in [3.8, 4) is 23.6 Å². The lowest BCUT2D eigenvalue weighted by Gasteiger charge is -2.23. The van der Waals surface area contributed by atoms with Crippen LogP contribution in [0.15, 0.2) is 54.6 Å². The number of ether oxygens (including phenoxy) is 1. The van der Waals surface area contributed by atoms with Crippen molar-refractivity contribution in [1.29, 1.82) is 10.5 Å². The molecule has 0 radical (unpaired) electrons. The second-order valence-corrected chi connectivity index (χ2v) is 8.36. The first-order valence-corrected chi connectivity index (χ1v) is 11.9. The molecule has 0 amide bonds. The summed E-state index contributed by atoms with van der Waals surface area (Å²) in [7, 11) is 3.50. The first kappa shape index (κ1) is 27.9. The van der Waals surface area contributed by atoms with Crippen molar-refractivity contribution < 1.29 is 38.4 Å².